The molecule has 0 atom stereocenters. The van der Waals surface area contributed by atoms with Crippen molar-refractivity contribution in [1.82, 2.24) is 24.6 Å². The Bertz CT molecular complexity index is 657. The van der Waals surface area contributed by atoms with E-state index in [1.165, 1.54) is 45.3 Å². The van der Waals surface area contributed by atoms with Crippen LogP contribution in [-0.2, 0) is 13.5 Å². The van der Waals surface area contributed by atoms with Crippen LogP contribution in [0.1, 0.15) is 45.4 Å². The summed E-state index contributed by atoms with van der Waals surface area (Å²) in [5, 5.41) is 8.94. The highest BCUT2D eigenvalue weighted by Gasteiger charge is 2.19. The first-order chi connectivity index (χ1) is 11.7. The van der Waals surface area contributed by atoms with Crippen LogP contribution in [0.4, 0.5) is 5.82 Å². The minimum Gasteiger partial charge on any atom is -0.369 e. The van der Waals surface area contributed by atoms with E-state index in [4.69, 9.17) is 0 Å². The third-order valence-electron chi connectivity index (χ3n) is 5.05. The van der Waals surface area contributed by atoms with Crippen LogP contribution in [0.25, 0.3) is 11.0 Å². The molecule has 132 valence electrons. The zero-order valence-electron chi connectivity index (χ0n) is 15.3. The lowest BCUT2D eigenvalue weighted by atomic mass is 9.96. The van der Waals surface area contributed by atoms with E-state index in [1.54, 1.807) is 0 Å². The quantitative estimate of drug-likeness (QED) is 0.846. The fourth-order valence-electron chi connectivity index (χ4n) is 3.40. The summed E-state index contributed by atoms with van der Waals surface area (Å²) in [6, 6.07) is 0. The van der Waals surface area contributed by atoms with E-state index < -0.39 is 0 Å². The number of unbranched alkanes of at least 4 members (excludes halogenated alkanes) is 1. The number of likely N-dealkylation sites (tertiary alicyclic amines) is 1. The van der Waals surface area contributed by atoms with Crippen LogP contribution in [0.15, 0.2) is 6.20 Å². The first kappa shape index (κ1) is 17.1. The molecule has 3 rings (SSSR count). The minimum absolute atomic E-state index is 0.731. The second-order valence-electron chi connectivity index (χ2n) is 6.87. The van der Waals surface area contributed by atoms with E-state index in [9.17, 15) is 0 Å². The summed E-state index contributed by atoms with van der Waals surface area (Å²) in [5.74, 6) is 2.55. The van der Waals surface area contributed by atoms with E-state index in [-0.39, 0.29) is 0 Å². The van der Waals surface area contributed by atoms with Gasteiger partial charge in [-0.3, -0.25) is 4.68 Å². The summed E-state index contributed by atoms with van der Waals surface area (Å²) in [5.41, 5.74) is 0.915. The van der Waals surface area contributed by atoms with E-state index in [1.807, 2.05) is 17.9 Å². The van der Waals surface area contributed by atoms with Gasteiger partial charge < -0.3 is 10.2 Å². The summed E-state index contributed by atoms with van der Waals surface area (Å²) in [6.45, 7) is 9.08. The minimum atomic E-state index is 0.731. The molecule has 0 aromatic carbocycles. The van der Waals surface area contributed by atoms with Crippen LogP contribution in [0.5, 0.6) is 0 Å². The highest BCUT2D eigenvalue weighted by atomic mass is 15.3. The number of aryl methyl sites for hydroxylation is 2. The van der Waals surface area contributed by atoms with E-state index in [2.05, 4.69) is 39.1 Å². The third-order valence-corrected chi connectivity index (χ3v) is 5.05. The highest BCUT2D eigenvalue weighted by molar-refractivity contribution is 5.86. The Hall–Kier alpha value is -1.69. The largest absolute Gasteiger partial charge is 0.369 e. The predicted octanol–water partition coefficient (Wildman–Crippen LogP) is 2.85. The maximum absolute atomic E-state index is 4.69. The summed E-state index contributed by atoms with van der Waals surface area (Å²) in [4.78, 5) is 11.9. The molecule has 0 radical (unpaired) electrons. The number of fused-ring (bicyclic) bond motifs is 1. The Balaban J connectivity index is 1.60. The van der Waals surface area contributed by atoms with Crippen LogP contribution in [0.3, 0.4) is 0 Å². The number of hydrogen-bond acceptors (Lipinski definition) is 5. The topological polar surface area (TPSA) is 58.9 Å². The van der Waals surface area contributed by atoms with Gasteiger partial charge in [-0.15, -0.1) is 0 Å². The van der Waals surface area contributed by atoms with Crippen LogP contribution in [0.2, 0.25) is 0 Å². The van der Waals surface area contributed by atoms with E-state index in [0.717, 1.165) is 41.6 Å². The summed E-state index contributed by atoms with van der Waals surface area (Å²) >= 11 is 0. The fraction of sp³-hybridized carbons (Fsp3) is 0.722. The van der Waals surface area contributed by atoms with Gasteiger partial charge in [0.1, 0.15) is 11.6 Å². The van der Waals surface area contributed by atoms with Crippen molar-refractivity contribution in [3.05, 3.63) is 12.0 Å². The smallest absolute Gasteiger partial charge is 0.163 e. The lowest BCUT2D eigenvalue weighted by Crippen LogP contribution is -2.36. The normalized spacial score (nSPS) is 16.8. The van der Waals surface area contributed by atoms with Gasteiger partial charge in [0.05, 0.1) is 11.6 Å². The molecule has 1 saturated heterocycles. The van der Waals surface area contributed by atoms with Gasteiger partial charge in [-0.1, -0.05) is 20.3 Å². The molecular formula is C18H30N6. The average Bonchev–Trinajstić information content (AvgIpc) is 3.00. The van der Waals surface area contributed by atoms with Gasteiger partial charge in [0, 0.05) is 20.0 Å². The molecule has 6 nitrogen and oxygen atoms in total. The van der Waals surface area contributed by atoms with Crippen molar-refractivity contribution in [2.45, 2.75) is 46.0 Å². The van der Waals surface area contributed by atoms with Crippen LogP contribution < -0.4 is 5.32 Å². The Morgan fingerprint density at radius 1 is 1.21 bits per heavy atom. The van der Waals surface area contributed by atoms with E-state index in [0.29, 0.717) is 0 Å². The number of piperidine rings is 1. The molecule has 1 aliphatic rings. The summed E-state index contributed by atoms with van der Waals surface area (Å²) in [6.07, 6.45) is 7.87. The molecule has 0 saturated carbocycles. The van der Waals surface area contributed by atoms with Gasteiger partial charge in [-0.2, -0.15) is 5.10 Å². The van der Waals surface area contributed by atoms with Crippen LogP contribution >= 0.6 is 0 Å². The monoisotopic (exact) mass is 330 g/mol. The molecule has 1 fully saturated rings. The Kier molecular flexibility index (Phi) is 5.66. The Morgan fingerprint density at radius 2 is 2.00 bits per heavy atom. The van der Waals surface area contributed by atoms with Crippen molar-refractivity contribution in [2.75, 3.05) is 31.5 Å². The van der Waals surface area contributed by atoms with Gasteiger partial charge in [-0.25, -0.2) is 9.97 Å². The van der Waals surface area contributed by atoms with Gasteiger partial charge in [0.15, 0.2) is 5.65 Å². The fourth-order valence-corrected chi connectivity index (χ4v) is 3.40. The highest BCUT2D eigenvalue weighted by Crippen LogP contribution is 2.22. The number of aromatic nitrogens is 4. The molecule has 0 aliphatic carbocycles. The second kappa shape index (κ2) is 7.92. The number of anilines is 1. The number of nitrogens with one attached hydrogen (secondary N) is 1. The van der Waals surface area contributed by atoms with Gasteiger partial charge in [-0.05, 0) is 44.8 Å². The molecule has 2 aromatic heterocycles. The molecule has 0 bridgehead atoms. The number of nitrogens with zero attached hydrogens (tertiary/aromatic N) is 5. The van der Waals surface area contributed by atoms with Crippen molar-refractivity contribution in [1.29, 1.82) is 0 Å². The average molecular weight is 330 g/mol. The molecule has 0 unspecified atom stereocenters. The maximum atomic E-state index is 4.69. The van der Waals surface area contributed by atoms with E-state index >= 15 is 0 Å². The van der Waals surface area contributed by atoms with Crippen molar-refractivity contribution < 1.29 is 0 Å². The standard InChI is InChI=1S/C18H30N6/c1-4-6-9-24-10-7-14(8-11-24)12-19-17-15-13-20-23(3)18(15)22-16(5-2)21-17/h13-14H,4-12H2,1-3H3,(H,19,21,22). The first-order valence-corrected chi connectivity index (χ1v) is 9.36. The first-order valence-electron chi connectivity index (χ1n) is 9.36. The third kappa shape index (κ3) is 3.86. The van der Waals surface area contributed by atoms with Crippen LogP contribution in [0, 0.1) is 5.92 Å². The molecule has 1 aliphatic heterocycles. The maximum Gasteiger partial charge on any atom is 0.163 e. The number of hydrogen-bond donors (Lipinski definition) is 1. The lowest BCUT2D eigenvalue weighted by molar-refractivity contribution is 0.187. The molecule has 3 heterocycles. The molecule has 24 heavy (non-hydrogen) atoms. The SMILES string of the molecule is CCCCN1CCC(CNc2nc(CC)nc3c2cnn3C)CC1. The molecule has 6 heteroatoms. The van der Waals surface area contributed by atoms with Gasteiger partial charge in [0.2, 0.25) is 0 Å². The van der Waals surface area contributed by atoms with Crippen molar-refractivity contribution in [2.24, 2.45) is 13.0 Å². The Labute approximate surface area is 144 Å². The molecular weight excluding hydrogens is 300 g/mol. The summed E-state index contributed by atoms with van der Waals surface area (Å²) in [7, 11) is 1.94. The van der Waals surface area contributed by atoms with Crippen molar-refractivity contribution >= 4 is 16.9 Å². The zero-order chi connectivity index (χ0) is 16.9. The molecule has 0 spiro atoms. The van der Waals surface area contributed by atoms with Gasteiger partial charge in [0.25, 0.3) is 0 Å². The molecule has 2 aromatic rings. The molecule has 1 N–H and O–H groups in total. The summed E-state index contributed by atoms with van der Waals surface area (Å²) < 4.78 is 1.83. The molecule has 0 amide bonds. The van der Waals surface area contributed by atoms with Crippen molar-refractivity contribution in [3.8, 4) is 0 Å². The lowest BCUT2D eigenvalue weighted by Gasteiger charge is -2.32. The Morgan fingerprint density at radius 3 is 2.71 bits per heavy atom. The van der Waals surface area contributed by atoms with Crippen LogP contribution in [-0.4, -0.2) is 50.8 Å². The second-order valence-corrected chi connectivity index (χ2v) is 6.87. The predicted molar refractivity (Wildman–Crippen MR) is 98.2 cm³/mol. The zero-order valence-corrected chi connectivity index (χ0v) is 15.3. The van der Waals surface area contributed by atoms with Crippen molar-refractivity contribution in [3.63, 3.8) is 0 Å². The number of rotatable bonds is 7. The van der Waals surface area contributed by atoms with Gasteiger partial charge >= 0.3 is 0 Å².